The largest absolute Gasteiger partial charge is 0.494 e. The number of fused-ring (bicyclic) bond motifs is 1. The average molecular weight is 396 g/mol. The van der Waals surface area contributed by atoms with Crippen molar-refractivity contribution >= 4 is 21.6 Å². The van der Waals surface area contributed by atoms with Gasteiger partial charge >= 0.3 is 0 Å². The summed E-state index contributed by atoms with van der Waals surface area (Å²) < 4.78 is 10.9. The highest BCUT2D eigenvalue weighted by Crippen LogP contribution is 2.30. The summed E-state index contributed by atoms with van der Waals surface area (Å²) >= 11 is 1.46. The third-order valence-corrected chi connectivity index (χ3v) is 5.36. The van der Waals surface area contributed by atoms with Crippen molar-refractivity contribution in [3.8, 4) is 17.1 Å². The van der Waals surface area contributed by atoms with Gasteiger partial charge in [0.25, 0.3) is 5.56 Å². The molecular formula is C21H22N3O3S+. The lowest BCUT2D eigenvalue weighted by Crippen LogP contribution is -3.06. The number of nitrogens with zero attached hydrogens (tertiary/aromatic N) is 1. The molecule has 0 saturated carbocycles. The van der Waals surface area contributed by atoms with Crippen LogP contribution in [0, 0.1) is 0 Å². The molecule has 0 aliphatic carbocycles. The van der Waals surface area contributed by atoms with E-state index < -0.39 is 0 Å². The van der Waals surface area contributed by atoms with Crippen molar-refractivity contribution in [3.05, 3.63) is 69.8 Å². The standard InChI is InChI=1S/C21H21N3O3S/c1-3-26-15-8-6-14(7-9-15)11-24(2)12-18-22-20(25)19-16(13-28-21(19)23-18)17-5-4-10-27-17/h4-10,13H,3,11-12H2,1-2H3,(H,22,23,25)/p+1. The molecule has 0 fully saturated rings. The zero-order chi connectivity index (χ0) is 19.5. The van der Waals surface area contributed by atoms with Gasteiger partial charge in [-0.15, -0.1) is 11.3 Å². The quantitative estimate of drug-likeness (QED) is 0.504. The Morgan fingerprint density at radius 3 is 2.75 bits per heavy atom. The maximum atomic E-state index is 12.7. The molecule has 28 heavy (non-hydrogen) atoms. The number of thiophene rings is 1. The van der Waals surface area contributed by atoms with E-state index in [2.05, 4.69) is 29.1 Å². The molecule has 1 aromatic carbocycles. The summed E-state index contributed by atoms with van der Waals surface area (Å²) in [6, 6.07) is 11.8. The molecule has 2 N–H and O–H groups in total. The second kappa shape index (κ2) is 8.00. The minimum atomic E-state index is -0.124. The van der Waals surface area contributed by atoms with Crippen molar-refractivity contribution in [2.45, 2.75) is 20.0 Å². The minimum absolute atomic E-state index is 0.124. The van der Waals surface area contributed by atoms with E-state index in [0.717, 1.165) is 22.7 Å². The van der Waals surface area contributed by atoms with Crippen LogP contribution in [0.5, 0.6) is 5.75 Å². The van der Waals surface area contributed by atoms with Gasteiger partial charge in [0.15, 0.2) is 5.82 Å². The van der Waals surface area contributed by atoms with Crippen molar-refractivity contribution in [2.75, 3.05) is 13.7 Å². The van der Waals surface area contributed by atoms with Crippen molar-refractivity contribution in [1.82, 2.24) is 9.97 Å². The van der Waals surface area contributed by atoms with Crippen LogP contribution < -0.4 is 15.2 Å². The Hall–Kier alpha value is -2.90. The van der Waals surface area contributed by atoms with Crippen molar-refractivity contribution < 1.29 is 14.1 Å². The van der Waals surface area contributed by atoms with Crippen LogP contribution in [-0.4, -0.2) is 23.6 Å². The highest BCUT2D eigenvalue weighted by atomic mass is 32.1. The fraction of sp³-hybridized carbons (Fsp3) is 0.238. The van der Waals surface area contributed by atoms with Gasteiger partial charge in [0.05, 0.1) is 25.3 Å². The number of hydrogen-bond donors (Lipinski definition) is 2. The van der Waals surface area contributed by atoms with Crippen LogP contribution in [0.3, 0.4) is 0 Å². The second-order valence-corrected chi connectivity index (χ2v) is 7.57. The predicted molar refractivity (Wildman–Crippen MR) is 110 cm³/mol. The Morgan fingerprint density at radius 1 is 1.21 bits per heavy atom. The Bertz CT molecular complexity index is 1110. The Labute approximate surface area is 166 Å². The predicted octanol–water partition coefficient (Wildman–Crippen LogP) is 2.86. The molecule has 0 saturated heterocycles. The normalized spacial score (nSPS) is 12.4. The molecule has 0 radical (unpaired) electrons. The lowest BCUT2D eigenvalue weighted by molar-refractivity contribution is -0.908. The van der Waals surface area contributed by atoms with Gasteiger partial charge in [0.2, 0.25) is 0 Å². The molecule has 4 aromatic rings. The molecule has 7 heteroatoms. The molecule has 1 atom stereocenters. The smallest absolute Gasteiger partial charge is 0.260 e. The van der Waals surface area contributed by atoms with Gasteiger partial charge in [0, 0.05) is 16.5 Å². The highest BCUT2D eigenvalue weighted by Gasteiger charge is 2.16. The first kappa shape index (κ1) is 18.5. The van der Waals surface area contributed by atoms with Crippen LogP contribution in [0.2, 0.25) is 0 Å². The number of aromatic nitrogens is 2. The Kier molecular flexibility index (Phi) is 5.27. The van der Waals surface area contributed by atoms with Gasteiger partial charge in [-0.25, -0.2) is 4.98 Å². The molecule has 0 aliphatic rings. The zero-order valence-corrected chi connectivity index (χ0v) is 16.6. The van der Waals surface area contributed by atoms with Crippen LogP contribution in [0.15, 0.2) is 57.3 Å². The number of aromatic amines is 1. The number of benzene rings is 1. The van der Waals surface area contributed by atoms with E-state index in [-0.39, 0.29) is 5.56 Å². The molecular weight excluding hydrogens is 374 g/mol. The molecule has 1 unspecified atom stereocenters. The van der Waals surface area contributed by atoms with E-state index in [9.17, 15) is 4.79 Å². The Morgan fingerprint density at radius 2 is 2.04 bits per heavy atom. The summed E-state index contributed by atoms with van der Waals surface area (Å²) in [5.41, 5.74) is 1.88. The van der Waals surface area contributed by atoms with Crippen LogP contribution in [0.1, 0.15) is 18.3 Å². The zero-order valence-electron chi connectivity index (χ0n) is 15.8. The second-order valence-electron chi connectivity index (χ2n) is 6.71. The third kappa shape index (κ3) is 3.85. The van der Waals surface area contributed by atoms with Crippen LogP contribution >= 0.6 is 11.3 Å². The fourth-order valence-corrected chi connectivity index (χ4v) is 4.20. The highest BCUT2D eigenvalue weighted by molar-refractivity contribution is 7.17. The molecule has 3 heterocycles. The Balaban J connectivity index is 1.51. The first-order chi connectivity index (χ1) is 13.6. The van der Waals surface area contributed by atoms with E-state index in [4.69, 9.17) is 9.15 Å². The van der Waals surface area contributed by atoms with E-state index in [1.165, 1.54) is 21.8 Å². The topological polar surface area (TPSA) is 72.6 Å². The van der Waals surface area contributed by atoms with Crippen LogP contribution in [-0.2, 0) is 13.1 Å². The first-order valence-corrected chi connectivity index (χ1v) is 10.1. The summed E-state index contributed by atoms with van der Waals surface area (Å²) in [5.74, 6) is 2.25. The number of quaternary nitrogens is 1. The average Bonchev–Trinajstić information content (AvgIpc) is 3.33. The third-order valence-electron chi connectivity index (χ3n) is 4.49. The molecule has 3 aromatic heterocycles. The fourth-order valence-electron chi connectivity index (χ4n) is 3.26. The lowest BCUT2D eigenvalue weighted by atomic mass is 10.2. The molecule has 0 spiro atoms. The molecule has 4 rings (SSSR count). The summed E-state index contributed by atoms with van der Waals surface area (Å²) in [6.45, 7) is 4.10. The summed E-state index contributed by atoms with van der Waals surface area (Å²) in [6.07, 6.45) is 1.61. The van der Waals surface area contributed by atoms with Gasteiger partial charge in [-0.2, -0.15) is 0 Å². The number of rotatable bonds is 7. The molecule has 0 amide bonds. The minimum Gasteiger partial charge on any atom is -0.494 e. The monoisotopic (exact) mass is 396 g/mol. The van der Waals surface area contributed by atoms with E-state index >= 15 is 0 Å². The van der Waals surface area contributed by atoms with Gasteiger partial charge in [-0.3, -0.25) is 4.79 Å². The van der Waals surface area contributed by atoms with Crippen molar-refractivity contribution in [1.29, 1.82) is 0 Å². The lowest BCUT2D eigenvalue weighted by Gasteiger charge is -2.14. The SMILES string of the molecule is CCOc1ccc(C[NH+](C)Cc2nc3scc(-c4ccco4)c3c(=O)[nH]2)cc1. The number of ether oxygens (including phenoxy) is 1. The molecule has 0 bridgehead atoms. The maximum Gasteiger partial charge on any atom is 0.260 e. The van der Waals surface area contributed by atoms with E-state index in [1.807, 2.05) is 36.6 Å². The summed E-state index contributed by atoms with van der Waals surface area (Å²) in [5, 5.41) is 2.51. The first-order valence-electron chi connectivity index (χ1n) is 9.21. The number of H-pyrrole nitrogens is 1. The molecule has 0 aliphatic heterocycles. The van der Waals surface area contributed by atoms with Gasteiger partial charge < -0.3 is 19.0 Å². The molecule has 144 valence electrons. The van der Waals surface area contributed by atoms with Crippen molar-refractivity contribution in [2.24, 2.45) is 0 Å². The summed E-state index contributed by atoms with van der Waals surface area (Å²) in [7, 11) is 2.09. The van der Waals surface area contributed by atoms with Crippen LogP contribution in [0.4, 0.5) is 0 Å². The maximum absolute atomic E-state index is 12.7. The number of hydrogen-bond acceptors (Lipinski definition) is 5. The van der Waals surface area contributed by atoms with E-state index in [1.54, 1.807) is 6.26 Å². The van der Waals surface area contributed by atoms with Gasteiger partial charge in [-0.05, 0) is 43.3 Å². The summed E-state index contributed by atoms with van der Waals surface area (Å²) in [4.78, 5) is 22.2. The van der Waals surface area contributed by atoms with Gasteiger partial charge in [0.1, 0.15) is 29.4 Å². The number of furan rings is 1. The van der Waals surface area contributed by atoms with Gasteiger partial charge in [-0.1, -0.05) is 0 Å². The van der Waals surface area contributed by atoms with Crippen LogP contribution in [0.25, 0.3) is 21.5 Å². The van der Waals surface area contributed by atoms with Crippen molar-refractivity contribution in [3.63, 3.8) is 0 Å². The van der Waals surface area contributed by atoms with E-state index in [0.29, 0.717) is 30.1 Å². The number of nitrogens with one attached hydrogen (secondary N) is 2. The molecule has 6 nitrogen and oxygen atoms in total.